The van der Waals surface area contributed by atoms with Gasteiger partial charge in [0.05, 0.1) is 17.8 Å². The largest absolute Gasteiger partial charge is 0.489 e. The average Bonchev–Trinajstić information content (AvgIpc) is 3.49. The second-order valence-corrected chi connectivity index (χ2v) is 12.4. The van der Waals surface area contributed by atoms with Crippen LogP contribution in [0.4, 0.5) is 0 Å². The van der Waals surface area contributed by atoms with Gasteiger partial charge in [-0.05, 0) is 104 Å². The summed E-state index contributed by atoms with van der Waals surface area (Å²) in [5.41, 5.74) is 6.26. The van der Waals surface area contributed by atoms with Crippen LogP contribution < -0.4 is 4.74 Å². The summed E-state index contributed by atoms with van der Waals surface area (Å²) >= 11 is 1.71. The average molecular weight is 583 g/mol. The highest BCUT2D eigenvalue weighted by molar-refractivity contribution is 7.09. The lowest BCUT2D eigenvalue weighted by Crippen LogP contribution is -2.32. The first-order chi connectivity index (χ1) is 20.5. The van der Waals surface area contributed by atoms with Gasteiger partial charge in [-0.3, -0.25) is 4.90 Å². The third-order valence-corrected chi connectivity index (χ3v) is 9.22. The molecule has 220 valence electrons. The minimum absolute atomic E-state index is 0.373. The van der Waals surface area contributed by atoms with Gasteiger partial charge in [-0.1, -0.05) is 63.1 Å². The van der Waals surface area contributed by atoms with Crippen molar-refractivity contribution in [3.05, 3.63) is 105 Å². The number of hydrogen-bond acceptors (Lipinski definition) is 5. The van der Waals surface area contributed by atoms with Crippen molar-refractivity contribution in [2.24, 2.45) is 0 Å². The normalized spacial score (nSPS) is 14.4. The molecule has 0 saturated carbocycles. The van der Waals surface area contributed by atoms with Crippen LogP contribution in [0.15, 0.2) is 78.2 Å². The number of aromatic nitrogens is 1. The van der Waals surface area contributed by atoms with Gasteiger partial charge in [0.2, 0.25) is 0 Å². The Morgan fingerprint density at radius 1 is 1.00 bits per heavy atom. The maximum atomic E-state index is 11.3. The van der Waals surface area contributed by atoms with E-state index in [2.05, 4.69) is 66.6 Å². The monoisotopic (exact) mass is 582 g/mol. The third-order valence-electron chi connectivity index (χ3n) is 8.38. The van der Waals surface area contributed by atoms with E-state index in [-0.39, 0.29) is 0 Å². The predicted octanol–water partition coefficient (Wildman–Crippen LogP) is 9.15. The summed E-state index contributed by atoms with van der Waals surface area (Å²) in [6.07, 6.45) is 7.02. The number of carboxylic acids is 1. The highest BCUT2D eigenvalue weighted by Crippen LogP contribution is 2.31. The molecule has 3 aromatic carbocycles. The smallest absolute Gasteiger partial charge is 0.335 e. The Kier molecular flexibility index (Phi) is 10.4. The zero-order valence-electron chi connectivity index (χ0n) is 24.8. The molecule has 0 bridgehead atoms. The number of benzene rings is 3. The van der Waals surface area contributed by atoms with Gasteiger partial charge in [-0.25, -0.2) is 9.78 Å². The van der Waals surface area contributed by atoms with Crippen molar-refractivity contribution in [1.82, 2.24) is 9.88 Å². The number of carbonyl (C=O) groups is 1. The van der Waals surface area contributed by atoms with Crippen LogP contribution in [0, 0.1) is 0 Å². The number of likely N-dealkylation sites (tertiary alicyclic amines) is 1. The van der Waals surface area contributed by atoms with E-state index in [9.17, 15) is 9.90 Å². The van der Waals surface area contributed by atoms with Crippen LogP contribution >= 0.6 is 11.3 Å². The molecule has 0 radical (unpaired) electrons. The first-order valence-electron chi connectivity index (χ1n) is 15.3. The minimum atomic E-state index is -0.861. The van der Waals surface area contributed by atoms with Crippen molar-refractivity contribution in [2.75, 3.05) is 13.1 Å². The Morgan fingerprint density at radius 2 is 1.71 bits per heavy atom. The molecule has 42 heavy (non-hydrogen) atoms. The van der Waals surface area contributed by atoms with Crippen LogP contribution in [0.1, 0.15) is 96.3 Å². The summed E-state index contributed by atoms with van der Waals surface area (Å²) in [4.78, 5) is 18.7. The Labute approximate surface area is 254 Å². The summed E-state index contributed by atoms with van der Waals surface area (Å²) < 4.78 is 6.09. The van der Waals surface area contributed by atoms with Crippen molar-refractivity contribution < 1.29 is 14.6 Å². The predicted molar refractivity (Wildman–Crippen MR) is 172 cm³/mol. The van der Waals surface area contributed by atoms with Crippen molar-refractivity contribution in [3.8, 4) is 17.0 Å². The number of hydrogen-bond donors (Lipinski definition) is 1. The summed E-state index contributed by atoms with van der Waals surface area (Å²) in [6.45, 7) is 7.93. The minimum Gasteiger partial charge on any atom is -0.489 e. The lowest BCUT2D eigenvalue weighted by atomic mass is 9.88. The van der Waals surface area contributed by atoms with Crippen molar-refractivity contribution in [1.29, 1.82) is 0 Å². The molecule has 0 atom stereocenters. The van der Waals surface area contributed by atoms with Crippen LogP contribution in [-0.2, 0) is 13.2 Å². The maximum absolute atomic E-state index is 11.3. The van der Waals surface area contributed by atoms with Crippen molar-refractivity contribution in [2.45, 2.75) is 77.4 Å². The molecule has 1 N–H and O–H groups in total. The fourth-order valence-electron chi connectivity index (χ4n) is 6.01. The molecule has 1 aliphatic rings. The van der Waals surface area contributed by atoms with E-state index >= 15 is 0 Å². The van der Waals surface area contributed by atoms with Gasteiger partial charge >= 0.3 is 5.97 Å². The van der Waals surface area contributed by atoms with Gasteiger partial charge < -0.3 is 9.84 Å². The van der Waals surface area contributed by atoms with Crippen molar-refractivity contribution >= 4 is 17.3 Å². The van der Waals surface area contributed by atoms with Gasteiger partial charge in [0.15, 0.2) is 0 Å². The van der Waals surface area contributed by atoms with Gasteiger partial charge in [0.1, 0.15) is 17.4 Å². The van der Waals surface area contributed by atoms with Gasteiger partial charge in [0, 0.05) is 10.9 Å². The van der Waals surface area contributed by atoms with E-state index < -0.39 is 5.97 Å². The molecule has 5 nitrogen and oxygen atoms in total. The fourth-order valence-corrected chi connectivity index (χ4v) is 6.85. The van der Waals surface area contributed by atoms with E-state index in [1.807, 2.05) is 24.3 Å². The number of aromatic carboxylic acids is 1. The number of carboxylic acid groups (broad SMARTS) is 1. The molecule has 0 unspecified atom stereocenters. The molecule has 5 rings (SSSR count). The zero-order valence-corrected chi connectivity index (χ0v) is 25.6. The van der Waals surface area contributed by atoms with Crippen LogP contribution in [0.25, 0.3) is 11.3 Å². The van der Waals surface area contributed by atoms with E-state index in [0.717, 1.165) is 60.1 Å². The van der Waals surface area contributed by atoms with Crippen LogP contribution in [0.2, 0.25) is 0 Å². The molecule has 4 aromatic rings. The molecular weight excluding hydrogens is 540 g/mol. The maximum Gasteiger partial charge on any atom is 0.335 e. The second-order valence-electron chi connectivity index (χ2n) is 11.4. The van der Waals surface area contributed by atoms with Gasteiger partial charge in [0.25, 0.3) is 0 Å². The van der Waals surface area contributed by atoms with E-state index in [1.54, 1.807) is 17.4 Å². The van der Waals surface area contributed by atoms with Gasteiger partial charge in [-0.15, -0.1) is 11.3 Å². The molecule has 0 aliphatic carbocycles. The number of rotatable bonds is 13. The Balaban J connectivity index is 1.10. The highest BCUT2D eigenvalue weighted by Gasteiger charge is 2.22. The Morgan fingerprint density at radius 3 is 2.38 bits per heavy atom. The zero-order chi connectivity index (χ0) is 29.3. The summed E-state index contributed by atoms with van der Waals surface area (Å²) in [7, 11) is 0. The van der Waals surface area contributed by atoms with Crippen molar-refractivity contribution in [3.63, 3.8) is 0 Å². The topological polar surface area (TPSA) is 62.7 Å². The molecule has 0 amide bonds. The van der Waals surface area contributed by atoms with E-state index in [4.69, 9.17) is 9.72 Å². The quantitative estimate of drug-likeness (QED) is 0.170. The third kappa shape index (κ3) is 7.87. The second kappa shape index (κ2) is 14.6. The molecular formula is C36H42N2O3S. The molecule has 1 fully saturated rings. The first-order valence-corrected chi connectivity index (χ1v) is 16.2. The lowest BCUT2D eigenvalue weighted by Gasteiger charge is -2.31. The van der Waals surface area contributed by atoms with Crippen LogP contribution in [-0.4, -0.2) is 34.0 Å². The number of thiazole rings is 1. The fraction of sp³-hybridized carbons (Fsp3) is 0.389. The standard InChI is InChI=1S/C36H42N2O3S/c1-3-6-27(7-4-2)28-12-10-26(11-13-28)24-41-33-16-14-30(15-17-33)34-25-42-35(37-34)23-38-20-18-29(19-21-38)31-8-5-9-32(22-31)36(39)40/h5,8-17,22,25,27,29H,3-4,6-7,18-21,23-24H2,1-2H3,(H,39,40). The van der Waals surface area contributed by atoms with E-state index in [0.29, 0.717) is 24.0 Å². The number of piperidine rings is 1. The molecule has 1 aliphatic heterocycles. The highest BCUT2D eigenvalue weighted by atomic mass is 32.1. The summed E-state index contributed by atoms with van der Waals surface area (Å²) in [5.74, 6) is 1.08. The molecule has 1 aromatic heterocycles. The first kappa shape index (κ1) is 30.0. The Hall–Kier alpha value is -3.48. The van der Waals surface area contributed by atoms with Crippen LogP contribution in [0.5, 0.6) is 5.75 Å². The summed E-state index contributed by atoms with van der Waals surface area (Å²) in [5, 5.41) is 12.6. The van der Waals surface area contributed by atoms with Gasteiger partial charge in [-0.2, -0.15) is 0 Å². The summed E-state index contributed by atoms with van der Waals surface area (Å²) in [6, 6.07) is 24.6. The number of nitrogens with zero attached hydrogens (tertiary/aromatic N) is 2. The SMILES string of the molecule is CCCC(CCC)c1ccc(COc2ccc(-c3csc(CN4CCC(c5cccc(C(=O)O)c5)CC4)n3)cc2)cc1. The van der Waals surface area contributed by atoms with E-state index in [1.165, 1.54) is 36.8 Å². The molecule has 6 heteroatoms. The number of ether oxygens (including phenoxy) is 1. The molecule has 0 spiro atoms. The van der Waals surface area contributed by atoms with Crippen LogP contribution in [0.3, 0.4) is 0 Å². The molecule has 2 heterocycles. The lowest BCUT2D eigenvalue weighted by molar-refractivity contribution is 0.0696. The molecule has 1 saturated heterocycles. The Bertz CT molecular complexity index is 1420.